The van der Waals surface area contributed by atoms with Crippen molar-refractivity contribution in [3.8, 4) is 11.1 Å². The lowest BCUT2D eigenvalue weighted by molar-refractivity contribution is -0.138. The molecule has 0 spiro atoms. The highest BCUT2D eigenvalue weighted by atomic mass is 35.5. The zero-order chi connectivity index (χ0) is 25.2. The van der Waals surface area contributed by atoms with Crippen LogP contribution in [0.3, 0.4) is 0 Å². The highest BCUT2D eigenvalue weighted by Crippen LogP contribution is 2.44. The Balaban J connectivity index is 1.30. The highest BCUT2D eigenvalue weighted by Gasteiger charge is 2.33. The summed E-state index contributed by atoms with van der Waals surface area (Å²) in [5.74, 6) is -0.115. The highest BCUT2D eigenvalue weighted by molar-refractivity contribution is 6.30. The van der Waals surface area contributed by atoms with Crippen LogP contribution in [0.15, 0.2) is 60.8 Å². The Bertz CT molecular complexity index is 1180. The molecule has 3 aromatic rings. The van der Waals surface area contributed by atoms with Crippen LogP contribution in [0.25, 0.3) is 11.1 Å². The van der Waals surface area contributed by atoms with Crippen molar-refractivity contribution in [2.75, 3.05) is 13.2 Å². The first-order valence-electron chi connectivity index (χ1n) is 10.8. The fourth-order valence-electron chi connectivity index (χ4n) is 4.16. The van der Waals surface area contributed by atoms with Gasteiger partial charge in [-0.3, -0.25) is 0 Å². The van der Waals surface area contributed by atoms with Crippen molar-refractivity contribution in [1.82, 2.24) is 10.3 Å². The number of hydrogen-bond acceptors (Lipinski definition) is 5. The fraction of sp³-hybridized carbons (Fsp3) is 0.280. The molecule has 6 nitrogen and oxygen atoms in total. The number of halogens is 4. The van der Waals surface area contributed by atoms with E-state index in [1.54, 1.807) is 0 Å². The third-order valence-electron chi connectivity index (χ3n) is 5.93. The van der Waals surface area contributed by atoms with Gasteiger partial charge in [-0.1, -0.05) is 60.1 Å². The van der Waals surface area contributed by atoms with Crippen molar-refractivity contribution in [3.05, 3.63) is 88.2 Å². The van der Waals surface area contributed by atoms with E-state index in [0.29, 0.717) is 12.3 Å². The van der Waals surface area contributed by atoms with Gasteiger partial charge in [-0.25, -0.2) is 9.78 Å². The van der Waals surface area contributed by atoms with E-state index >= 15 is 0 Å². The molecule has 0 saturated carbocycles. The molecule has 3 N–H and O–H groups in total. The molecule has 0 radical (unpaired) electrons. The smallest absolute Gasteiger partial charge is 0.417 e. The van der Waals surface area contributed by atoms with Gasteiger partial charge in [0.15, 0.2) is 0 Å². The van der Waals surface area contributed by atoms with Gasteiger partial charge in [-0.05, 0) is 34.7 Å². The van der Waals surface area contributed by atoms with Crippen LogP contribution in [0, 0.1) is 0 Å². The lowest BCUT2D eigenvalue weighted by Crippen LogP contribution is -2.31. The molecule has 0 bridgehead atoms. The van der Waals surface area contributed by atoms with E-state index in [4.69, 9.17) is 16.3 Å². The molecule has 184 valence electrons. The molecule has 1 amide bonds. The van der Waals surface area contributed by atoms with Gasteiger partial charge >= 0.3 is 12.3 Å². The summed E-state index contributed by atoms with van der Waals surface area (Å²) in [6.07, 6.45) is -8.22. The van der Waals surface area contributed by atoms with Gasteiger partial charge in [0.1, 0.15) is 17.9 Å². The van der Waals surface area contributed by atoms with Crippen molar-refractivity contribution in [2.45, 2.75) is 30.7 Å². The van der Waals surface area contributed by atoms with Crippen LogP contribution < -0.4 is 5.32 Å². The lowest BCUT2D eigenvalue weighted by atomic mass is 9.98. The summed E-state index contributed by atoms with van der Waals surface area (Å²) in [4.78, 5) is 15.7. The Kier molecular flexibility index (Phi) is 7.30. The Morgan fingerprint density at radius 3 is 2.29 bits per heavy atom. The summed E-state index contributed by atoms with van der Waals surface area (Å²) in [5, 5.41) is 22.6. The van der Waals surface area contributed by atoms with Gasteiger partial charge in [-0.15, -0.1) is 0 Å². The van der Waals surface area contributed by atoms with Crippen molar-refractivity contribution in [2.24, 2.45) is 0 Å². The molecule has 35 heavy (non-hydrogen) atoms. The second kappa shape index (κ2) is 10.2. The minimum Gasteiger partial charge on any atom is -0.449 e. The molecule has 2 atom stereocenters. The first kappa shape index (κ1) is 25.0. The maximum Gasteiger partial charge on any atom is 0.417 e. The summed E-state index contributed by atoms with van der Waals surface area (Å²) in [5.41, 5.74) is 2.86. The van der Waals surface area contributed by atoms with Crippen molar-refractivity contribution in [1.29, 1.82) is 0 Å². The molecular weight excluding hydrogens is 485 g/mol. The molecule has 1 aliphatic carbocycles. The Labute approximate surface area is 204 Å². The van der Waals surface area contributed by atoms with Crippen LogP contribution in [-0.4, -0.2) is 40.5 Å². The van der Waals surface area contributed by atoms with E-state index in [1.165, 1.54) is 0 Å². The van der Waals surface area contributed by atoms with Crippen molar-refractivity contribution >= 4 is 17.7 Å². The van der Waals surface area contributed by atoms with Crippen LogP contribution >= 0.6 is 11.6 Å². The number of aromatic nitrogens is 1. The van der Waals surface area contributed by atoms with Crippen LogP contribution in [0.1, 0.15) is 40.7 Å². The number of nitrogens with zero attached hydrogens (tertiary/aromatic N) is 1. The summed E-state index contributed by atoms with van der Waals surface area (Å²) in [7, 11) is 0. The summed E-state index contributed by atoms with van der Waals surface area (Å²) in [6.45, 7) is 0.0233. The molecular formula is C25H22ClF3N2O4. The number of fused-ring (bicyclic) bond motifs is 3. The SMILES string of the molecule is O=C(NCCC(O)C(O)c1cc(C(F)(F)F)cnc1Cl)OCC1c2ccccc2-c2ccccc21. The number of carbonyl (C=O) groups is 1. The third kappa shape index (κ3) is 5.42. The van der Waals surface area contributed by atoms with E-state index in [-0.39, 0.29) is 36.2 Å². The standard InChI is InChI=1S/C25H22ClF3N2O4/c26-23-19(11-14(12-31-23)25(27,28)29)22(33)21(32)9-10-30-24(34)35-13-20-17-7-3-1-5-15(17)16-6-2-4-8-18(16)20/h1-8,11-12,20-22,32-33H,9-10,13H2,(H,30,34). The number of benzene rings is 2. The van der Waals surface area contributed by atoms with Gasteiger partial charge in [0.2, 0.25) is 0 Å². The molecule has 1 aromatic heterocycles. The van der Waals surface area contributed by atoms with Crippen LogP contribution in [0.4, 0.5) is 18.0 Å². The average Bonchev–Trinajstić information content (AvgIpc) is 3.15. The number of rotatable bonds is 7. The fourth-order valence-corrected chi connectivity index (χ4v) is 4.38. The quantitative estimate of drug-likeness (QED) is 0.389. The second-order valence-corrected chi connectivity index (χ2v) is 8.51. The summed E-state index contributed by atoms with van der Waals surface area (Å²) >= 11 is 5.81. The molecule has 2 unspecified atom stereocenters. The molecule has 1 aliphatic rings. The molecule has 0 fully saturated rings. The lowest BCUT2D eigenvalue weighted by Gasteiger charge is -2.20. The monoisotopic (exact) mass is 506 g/mol. The van der Waals surface area contributed by atoms with Gasteiger partial charge in [0, 0.05) is 24.2 Å². The van der Waals surface area contributed by atoms with Crippen LogP contribution in [-0.2, 0) is 10.9 Å². The molecule has 4 rings (SSSR count). The van der Waals surface area contributed by atoms with Gasteiger partial charge < -0.3 is 20.3 Å². The normalized spacial score (nSPS) is 14.7. The zero-order valence-electron chi connectivity index (χ0n) is 18.3. The zero-order valence-corrected chi connectivity index (χ0v) is 19.1. The van der Waals surface area contributed by atoms with E-state index in [2.05, 4.69) is 10.3 Å². The Hall–Kier alpha value is -3.14. The van der Waals surface area contributed by atoms with Crippen molar-refractivity contribution < 1.29 is 32.9 Å². The number of amides is 1. The van der Waals surface area contributed by atoms with Gasteiger partial charge in [-0.2, -0.15) is 13.2 Å². The molecule has 1 heterocycles. The number of hydrogen-bond donors (Lipinski definition) is 3. The van der Waals surface area contributed by atoms with Crippen LogP contribution in [0.5, 0.6) is 0 Å². The number of carbonyl (C=O) groups excluding carboxylic acids is 1. The van der Waals surface area contributed by atoms with Crippen LogP contribution in [0.2, 0.25) is 5.15 Å². The summed E-state index contributed by atoms with van der Waals surface area (Å²) in [6, 6.07) is 16.4. The minimum atomic E-state index is -4.68. The Morgan fingerprint density at radius 2 is 1.69 bits per heavy atom. The predicted molar refractivity (Wildman–Crippen MR) is 123 cm³/mol. The van der Waals surface area contributed by atoms with Gasteiger partial charge in [0.05, 0.1) is 11.7 Å². The first-order valence-corrected chi connectivity index (χ1v) is 11.2. The number of aliphatic hydroxyl groups is 2. The molecule has 0 aliphatic heterocycles. The van der Waals surface area contributed by atoms with E-state index in [1.807, 2.05) is 48.5 Å². The second-order valence-electron chi connectivity index (χ2n) is 8.15. The number of alkyl halides is 3. The number of ether oxygens (including phenoxy) is 1. The van der Waals surface area contributed by atoms with E-state index in [0.717, 1.165) is 22.3 Å². The van der Waals surface area contributed by atoms with E-state index in [9.17, 15) is 28.2 Å². The molecule has 0 saturated heterocycles. The third-order valence-corrected chi connectivity index (χ3v) is 6.25. The number of nitrogens with one attached hydrogen (secondary N) is 1. The largest absolute Gasteiger partial charge is 0.449 e. The van der Waals surface area contributed by atoms with E-state index < -0.39 is 30.0 Å². The topological polar surface area (TPSA) is 91.7 Å². The minimum absolute atomic E-state index is 0.0844. The average molecular weight is 507 g/mol. The molecule has 10 heteroatoms. The number of alkyl carbamates (subject to hydrolysis) is 1. The van der Waals surface area contributed by atoms with Crippen molar-refractivity contribution in [3.63, 3.8) is 0 Å². The maximum atomic E-state index is 12.9. The summed E-state index contributed by atoms with van der Waals surface area (Å²) < 4.78 is 44.1. The number of pyridine rings is 1. The number of aliphatic hydroxyl groups excluding tert-OH is 2. The predicted octanol–water partition coefficient (Wildman–Crippen LogP) is 5.08. The Morgan fingerprint density at radius 1 is 1.09 bits per heavy atom. The maximum absolute atomic E-state index is 12.9. The van der Waals surface area contributed by atoms with Gasteiger partial charge in [0.25, 0.3) is 0 Å². The first-order chi connectivity index (χ1) is 16.7. The molecule has 2 aromatic carbocycles.